The molecule has 3 nitrogen and oxygen atoms in total. The Kier molecular flexibility index (Phi) is 6.62. The van der Waals surface area contributed by atoms with Crippen LogP contribution in [0, 0.1) is 12.6 Å². The van der Waals surface area contributed by atoms with Crippen molar-refractivity contribution in [2.24, 2.45) is 0 Å². The van der Waals surface area contributed by atoms with Crippen LogP contribution in [0.15, 0.2) is 16.8 Å². The third-order valence-corrected chi connectivity index (χ3v) is 1.93. The van der Waals surface area contributed by atoms with Crippen molar-refractivity contribution in [1.82, 2.24) is 10.1 Å². The third kappa shape index (κ3) is 4.59. The van der Waals surface area contributed by atoms with E-state index >= 15 is 0 Å². The average Bonchev–Trinajstić information content (AvgIpc) is 2.63. The molecule has 2 heterocycles. The maximum absolute atomic E-state index is 5.03. The fourth-order valence-corrected chi connectivity index (χ4v) is 1.10. The molecule has 0 fully saturated rings. The molecule has 0 aliphatic carbocycles. The van der Waals surface area contributed by atoms with Gasteiger partial charge in [-0.2, -0.15) is 13.8 Å². The molecule has 92 valence electrons. The molecule has 2 aromatic heterocycles. The van der Waals surface area contributed by atoms with Crippen LogP contribution in [0.2, 0.25) is 0 Å². The number of rotatable bonds is 0. The van der Waals surface area contributed by atoms with Crippen molar-refractivity contribution in [2.75, 3.05) is 0 Å². The van der Waals surface area contributed by atoms with E-state index < -0.39 is 0 Å². The molecular weight excluding hydrogens is 384 g/mol. The van der Waals surface area contributed by atoms with Crippen molar-refractivity contribution in [3.8, 4) is 0 Å². The molecule has 0 atom stereocenters. The average molecular weight is 402 g/mol. The van der Waals surface area contributed by atoms with Gasteiger partial charge in [-0.25, -0.2) is 0 Å². The van der Waals surface area contributed by atoms with Gasteiger partial charge in [0.1, 0.15) is 0 Å². The van der Waals surface area contributed by atoms with Gasteiger partial charge in [0.25, 0.3) is 0 Å². The number of aromatic nitrogens is 2. The van der Waals surface area contributed by atoms with E-state index in [-0.39, 0.29) is 26.5 Å². The van der Waals surface area contributed by atoms with Crippen LogP contribution in [0.4, 0.5) is 0 Å². The van der Waals surface area contributed by atoms with E-state index in [1.165, 1.54) is 0 Å². The fraction of sp³-hybridized carbons (Fsp3) is 0.462. The van der Waals surface area contributed by atoms with E-state index in [0.29, 0.717) is 0 Å². The molecule has 2 rings (SSSR count). The van der Waals surface area contributed by atoms with Gasteiger partial charge < -0.3 is 15.9 Å². The number of hydrogen-bond donors (Lipinski definition) is 0. The van der Waals surface area contributed by atoms with Crippen LogP contribution in [0.5, 0.6) is 0 Å². The summed E-state index contributed by atoms with van der Waals surface area (Å²) in [5.41, 5.74) is 1.74. The summed E-state index contributed by atoms with van der Waals surface area (Å²) >= 11 is 0. The van der Waals surface area contributed by atoms with Gasteiger partial charge in [0.2, 0.25) is 0 Å². The Morgan fingerprint density at radius 2 is 1.88 bits per heavy atom. The molecule has 0 bridgehead atoms. The number of fused-ring (bicyclic) bond motifs is 1. The smallest absolute Gasteiger partial charge is 0.413 e. The van der Waals surface area contributed by atoms with Gasteiger partial charge in [0.05, 0.1) is 5.58 Å². The number of pyridine rings is 1. The number of nitrogens with zero attached hydrogens (tertiary/aromatic N) is 2. The molecule has 0 saturated carbocycles. The third-order valence-electron chi connectivity index (χ3n) is 1.93. The summed E-state index contributed by atoms with van der Waals surface area (Å²) in [5, 5.41) is 4.51. The van der Waals surface area contributed by atoms with Gasteiger partial charge in [-0.05, 0) is 23.5 Å². The summed E-state index contributed by atoms with van der Waals surface area (Å²) in [6, 6.07) is 1.92. The van der Waals surface area contributed by atoms with Gasteiger partial charge in [0.15, 0.2) is 0 Å². The van der Waals surface area contributed by atoms with Crippen LogP contribution < -0.4 is 0 Å². The molecule has 0 spiro atoms. The maximum Gasteiger partial charge on any atom is 2.00 e. The first kappa shape index (κ1) is 16.3. The van der Waals surface area contributed by atoms with Crippen molar-refractivity contribution in [2.45, 2.75) is 40.0 Å². The molecule has 0 unspecified atom stereocenters. The van der Waals surface area contributed by atoms with Gasteiger partial charge in [-0.3, -0.25) is 0 Å². The van der Waals surface area contributed by atoms with Gasteiger partial charge in [0, 0.05) is 0 Å². The normalized spacial score (nSPS) is 10.4. The Balaban J connectivity index is 0.000000583. The minimum absolute atomic E-state index is 0. The molecule has 0 N–H and O–H groups in total. The zero-order valence-corrected chi connectivity index (χ0v) is 13.9. The monoisotopic (exact) mass is 402 g/mol. The quantitative estimate of drug-likeness (QED) is 0.633. The first-order valence-corrected chi connectivity index (χ1v) is 5.36. The van der Waals surface area contributed by atoms with Gasteiger partial charge in [-0.1, -0.05) is 32.2 Å². The second-order valence-corrected chi connectivity index (χ2v) is 4.68. The molecule has 4 heteroatoms. The zero-order chi connectivity index (χ0) is 12.2. The largest absolute Gasteiger partial charge is 2.00 e. The minimum Gasteiger partial charge on any atom is -0.413 e. The topological polar surface area (TPSA) is 38.9 Å². The summed E-state index contributed by atoms with van der Waals surface area (Å²) in [5.74, 6) is 0. The molecule has 0 aliphatic rings. The second-order valence-electron chi connectivity index (χ2n) is 4.68. The molecule has 2 aromatic rings. The van der Waals surface area contributed by atoms with Crippen LogP contribution in [0.1, 0.15) is 40.3 Å². The first-order chi connectivity index (χ1) is 7.49. The predicted molar refractivity (Wildman–Crippen MR) is 65.0 cm³/mol. The molecule has 0 aromatic carbocycles. The fourth-order valence-electron chi connectivity index (χ4n) is 1.10. The molecule has 0 radical (unpaired) electrons. The Hall–Kier alpha value is -0.692. The Labute approximate surface area is 117 Å². The van der Waals surface area contributed by atoms with E-state index in [0.717, 1.165) is 16.7 Å². The van der Waals surface area contributed by atoms with Crippen LogP contribution in [-0.4, -0.2) is 10.1 Å². The van der Waals surface area contributed by atoms with E-state index in [2.05, 4.69) is 37.1 Å². The van der Waals surface area contributed by atoms with Crippen LogP contribution >= 0.6 is 0 Å². The summed E-state index contributed by atoms with van der Waals surface area (Å²) in [4.78, 5) is 4.23. The Morgan fingerprint density at radius 1 is 1.29 bits per heavy atom. The maximum atomic E-state index is 5.03. The second kappa shape index (κ2) is 6.90. The number of hydrogen-bond acceptors (Lipinski definition) is 3. The summed E-state index contributed by atoms with van der Waals surface area (Å²) in [7, 11) is 0. The van der Waals surface area contributed by atoms with Crippen LogP contribution in [-0.2, 0) is 26.5 Å². The van der Waals surface area contributed by atoms with E-state index in [4.69, 9.17) is 4.52 Å². The van der Waals surface area contributed by atoms with Crippen LogP contribution in [0.3, 0.4) is 0 Å². The molecule has 0 amide bonds. The van der Waals surface area contributed by atoms with Gasteiger partial charge >= 0.3 is 21.1 Å². The summed E-state index contributed by atoms with van der Waals surface area (Å²) in [6.07, 6.45) is 6.52. The zero-order valence-electron chi connectivity index (χ0n) is 10.9. The molecule has 0 saturated heterocycles. The first-order valence-electron chi connectivity index (χ1n) is 5.36. The van der Waals surface area contributed by atoms with Crippen molar-refractivity contribution in [3.05, 3.63) is 30.6 Å². The van der Waals surface area contributed by atoms with E-state index in [1.54, 1.807) is 6.20 Å². The molecule has 0 aliphatic heterocycles. The predicted octanol–water partition coefficient (Wildman–Crippen LogP) is 3.55. The molecular formula is C13H18N2OW. The van der Waals surface area contributed by atoms with Gasteiger partial charge in [-0.15, -0.1) is 5.16 Å². The van der Waals surface area contributed by atoms with Crippen molar-refractivity contribution in [3.63, 3.8) is 0 Å². The van der Waals surface area contributed by atoms with Crippen molar-refractivity contribution >= 4 is 11.0 Å². The summed E-state index contributed by atoms with van der Waals surface area (Å²) in [6.45, 7) is 10.3. The SMILES string of the molecule is CC(C)(C)c1cc2oncc2[c-]n1.C[CH-]C.[W+2]. The minimum atomic E-state index is 0. The standard InChI is InChI=1S/C10H11N2O.C3H7.W/c1-10(2,3)9-4-8-7(5-11-9)6-12-13-8;1-3-2;/h4,6H,1-3H3;3H,1-2H3;/q2*-1;+2. The van der Waals surface area contributed by atoms with E-state index in [1.807, 2.05) is 26.3 Å². The summed E-state index contributed by atoms with van der Waals surface area (Å²) < 4.78 is 5.03. The van der Waals surface area contributed by atoms with Crippen LogP contribution in [0.25, 0.3) is 11.0 Å². The Morgan fingerprint density at radius 3 is 2.41 bits per heavy atom. The van der Waals surface area contributed by atoms with Crippen molar-refractivity contribution < 1.29 is 25.6 Å². The van der Waals surface area contributed by atoms with Crippen molar-refractivity contribution in [1.29, 1.82) is 0 Å². The molecule has 17 heavy (non-hydrogen) atoms. The Bertz CT molecular complexity index is 446. The van der Waals surface area contributed by atoms with E-state index in [9.17, 15) is 0 Å².